The maximum absolute atomic E-state index is 12.7. The van der Waals surface area contributed by atoms with Gasteiger partial charge < -0.3 is 5.32 Å². The van der Waals surface area contributed by atoms with E-state index in [4.69, 9.17) is 0 Å². The number of pyridine rings is 1. The van der Waals surface area contributed by atoms with Crippen LogP contribution in [0, 0.1) is 5.95 Å². The number of carbonyl (C=O) groups is 1. The van der Waals surface area contributed by atoms with E-state index in [-0.39, 0.29) is 17.9 Å². The van der Waals surface area contributed by atoms with Gasteiger partial charge in [0.1, 0.15) is 0 Å². The third kappa shape index (κ3) is 4.45. The molecule has 1 heterocycles. The highest BCUT2D eigenvalue weighted by Crippen LogP contribution is 1.99. The summed E-state index contributed by atoms with van der Waals surface area (Å²) in [6.45, 7) is -0.0497. The average molecular weight is 261 g/mol. The van der Waals surface area contributed by atoms with Crippen molar-refractivity contribution in [3.05, 3.63) is 29.8 Å². The summed E-state index contributed by atoms with van der Waals surface area (Å²) >= 11 is 0. The van der Waals surface area contributed by atoms with Crippen molar-refractivity contribution in [3.8, 4) is 0 Å². The molecule has 0 spiro atoms. The Labute approximate surface area is 98.3 Å². The molecule has 0 saturated heterocycles. The van der Waals surface area contributed by atoms with Gasteiger partial charge in [-0.3, -0.25) is 4.79 Å². The van der Waals surface area contributed by atoms with Gasteiger partial charge in [0, 0.05) is 24.4 Å². The molecule has 0 saturated carbocycles. The fourth-order valence-corrected chi connectivity index (χ4v) is 1.62. The predicted molar refractivity (Wildman–Crippen MR) is 59.4 cm³/mol. The summed E-state index contributed by atoms with van der Waals surface area (Å²) < 4.78 is 36.9. The zero-order chi connectivity index (χ0) is 12.9. The number of carbonyl (C=O) groups excluding carboxylic acids is 1. The van der Waals surface area contributed by atoms with Crippen LogP contribution in [-0.2, 0) is 10.0 Å². The molecule has 2 N–H and O–H groups in total. The Morgan fingerprint density at radius 1 is 1.53 bits per heavy atom. The van der Waals surface area contributed by atoms with Crippen LogP contribution >= 0.6 is 0 Å². The number of rotatable bonds is 5. The molecule has 1 rings (SSSR count). The highest BCUT2D eigenvalue weighted by molar-refractivity contribution is 7.89. The second-order valence-electron chi connectivity index (χ2n) is 3.15. The van der Waals surface area contributed by atoms with Gasteiger partial charge in [0.05, 0.1) is 5.75 Å². The van der Waals surface area contributed by atoms with Crippen molar-refractivity contribution in [1.29, 1.82) is 0 Å². The lowest BCUT2D eigenvalue weighted by atomic mass is 10.2. The summed E-state index contributed by atoms with van der Waals surface area (Å²) in [5, 5.41) is 2.36. The van der Waals surface area contributed by atoms with Gasteiger partial charge in [-0.25, -0.2) is 18.1 Å². The van der Waals surface area contributed by atoms with Crippen molar-refractivity contribution in [1.82, 2.24) is 15.0 Å². The number of nitrogens with one attached hydrogen (secondary N) is 2. The minimum atomic E-state index is -3.36. The first-order chi connectivity index (χ1) is 7.94. The fourth-order valence-electron chi connectivity index (χ4n) is 1.05. The molecule has 1 aromatic heterocycles. The van der Waals surface area contributed by atoms with Crippen molar-refractivity contribution in [2.24, 2.45) is 0 Å². The van der Waals surface area contributed by atoms with Crippen LogP contribution in [0.3, 0.4) is 0 Å². The van der Waals surface area contributed by atoms with Crippen molar-refractivity contribution in [2.75, 3.05) is 19.3 Å². The molecular weight excluding hydrogens is 249 g/mol. The van der Waals surface area contributed by atoms with Crippen molar-refractivity contribution >= 4 is 15.9 Å². The third-order valence-corrected chi connectivity index (χ3v) is 3.32. The summed E-state index contributed by atoms with van der Waals surface area (Å²) in [5.41, 5.74) is 0.0966. The summed E-state index contributed by atoms with van der Waals surface area (Å²) in [4.78, 5) is 14.8. The Balaban J connectivity index is 2.51. The minimum Gasteiger partial charge on any atom is -0.351 e. The molecule has 8 heteroatoms. The van der Waals surface area contributed by atoms with E-state index in [1.807, 2.05) is 0 Å². The molecular formula is C9H12FN3O3S. The Morgan fingerprint density at radius 2 is 2.24 bits per heavy atom. The van der Waals surface area contributed by atoms with E-state index in [2.05, 4.69) is 15.0 Å². The van der Waals surface area contributed by atoms with E-state index in [1.165, 1.54) is 13.1 Å². The number of hydrogen-bond acceptors (Lipinski definition) is 4. The van der Waals surface area contributed by atoms with Crippen LogP contribution in [0.25, 0.3) is 0 Å². The smallest absolute Gasteiger partial charge is 0.251 e. The van der Waals surface area contributed by atoms with Crippen molar-refractivity contribution in [2.45, 2.75) is 0 Å². The zero-order valence-electron chi connectivity index (χ0n) is 9.10. The normalized spacial score (nSPS) is 11.2. The summed E-state index contributed by atoms with van der Waals surface area (Å²) in [6, 6.07) is 2.31. The second kappa shape index (κ2) is 5.69. The van der Waals surface area contributed by atoms with E-state index >= 15 is 0 Å². The van der Waals surface area contributed by atoms with E-state index in [0.717, 1.165) is 12.3 Å². The number of hydrogen-bond donors (Lipinski definition) is 2. The van der Waals surface area contributed by atoms with Gasteiger partial charge in [-0.1, -0.05) is 0 Å². The molecule has 0 bridgehead atoms. The standard InChI is InChI=1S/C9H12FN3O3S/c1-11-17(15,16)5-4-13-9(14)7-2-3-12-8(10)6-7/h2-3,6,11H,4-5H2,1H3,(H,13,14). The number of amides is 1. The van der Waals surface area contributed by atoms with Gasteiger partial charge in [0.25, 0.3) is 5.91 Å². The van der Waals surface area contributed by atoms with Gasteiger partial charge in [0.2, 0.25) is 16.0 Å². The first kappa shape index (κ1) is 13.5. The summed E-state index contributed by atoms with van der Waals surface area (Å²) in [7, 11) is -2.07. The summed E-state index contributed by atoms with van der Waals surface area (Å²) in [6.07, 6.45) is 1.16. The van der Waals surface area contributed by atoms with Crippen LogP contribution in [0.4, 0.5) is 4.39 Å². The van der Waals surface area contributed by atoms with Crippen LogP contribution in [0.5, 0.6) is 0 Å². The highest BCUT2D eigenvalue weighted by atomic mass is 32.2. The van der Waals surface area contributed by atoms with Crippen LogP contribution in [-0.4, -0.2) is 38.7 Å². The average Bonchev–Trinajstić information content (AvgIpc) is 2.28. The Morgan fingerprint density at radius 3 is 2.82 bits per heavy atom. The van der Waals surface area contributed by atoms with E-state index in [0.29, 0.717) is 0 Å². The maximum Gasteiger partial charge on any atom is 0.251 e. The van der Waals surface area contributed by atoms with Gasteiger partial charge >= 0.3 is 0 Å². The number of sulfonamides is 1. The number of halogens is 1. The Bertz CT molecular complexity index is 504. The minimum absolute atomic E-state index is 0.0497. The molecule has 0 aromatic carbocycles. The topological polar surface area (TPSA) is 88.2 Å². The first-order valence-corrected chi connectivity index (χ1v) is 6.41. The van der Waals surface area contributed by atoms with Crippen LogP contribution < -0.4 is 10.0 Å². The second-order valence-corrected chi connectivity index (χ2v) is 5.19. The summed E-state index contributed by atoms with van der Waals surface area (Å²) in [5.74, 6) is -1.54. The molecule has 0 radical (unpaired) electrons. The Kier molecular flexibility index (Phi) is 4.53. The van der Waals surface area contributed by atoms with E-state index < -0.39 is 21.9 Å². The van der Waals surface area contributed by atoms with Crippen molar-refractivity contribution < 1.29 is 17.6 Å². The van der Waals surface area contributed by atoms with Crippen molar-refractivity contribution in [3.63, 3.8) is 0 Å². The molecule has 0 unspecified atom stereocenters. The molecule has 0 aliphatic heterocycles. The van der Waals surface area contributed by atoms with Gasteiger partial charge in [-0.05, 0) is 13.1 Å². The molecule has 94 valence electrons. The third-order valence-electron chi connectivity index (χ3n) is 1.96. The molecule has 0 aliphatic rings. The van der Waals surface area contributed by atoms with E-state index in [1.54, 1.807) is 0 Å². The fraction of sp³-hybridized carbons (Fsp3) is 0.333. The molecule has 0 aliphatic carbocycles. The molecule has 1 aromatic rings. The lowest BCUT2D eigenvalue weighted by Gasteiger charge is -2.05. The van der Waals surface area contributed by atoms with Crippen LogP contribution in [0.1, 0.15) is 10.4 Å². The predicted octanol–water partition coefficient (Wildman–Crippen LogP) is -0.500. The van der Waals surface area contributed by atoms with Crippen LogP contribution in [0.2, 0.25) is 0 Å². The monoisotopic (exact) mass is 261 g/mol. The number of nitrogens with zero attached hydrogens (tertiary/aromatic N) is 1. The molecule has 17 heavy (non-hydrogen) atoms. The molecule has 6 nitrogen and oxygen atoms in total. The van der Waals surface area contributed by atoms with Gasteiger partial charge in [-0.2, -0.15) is 4.39 Å². The lowest BCUT2D eigenvalue weighted by Crippen LogP contribution is -2.33. The van der Waals surface area contributed by atoms with Crippen LogP contribution in [0.15, 0.2) is 18.3 Å². The quantitative estimate of drug-likeness (QED) is 0.699. The molecule has 0 fully saturated rings. The first-order valence-electron chi connectivity index (χ1n) is 4.75. The van der Waals surface area contributed by atoms with Gasteiger partial charge in [0.15, 0.2) is 0 Å². The molecule has 0 atom stereocenters. The largest absolute Gasteiger partial charge is 0.351 e. The SMILES string of the molecule is CNS(=O)(=O)CCNC(=O)c1ccnc(F)c1. The zero-order valence-corrected chi connectivity index (χ0v) is 9.92. The Hall–Kier alpha value is -1.54. The lowest BCUT2D eigenvalue weighted by molar-refractivity contribution is 0.0955. The maximum atomic E-state index is 12.7. The number of aromatic nitrogens is 1. The molecule has 1 amide bonds. The van der Waals surface area contributed by atoms with Gasteiger partial charge in [-0.15, -0.1) is 0 Å². The van der Waals surface area contributed by atoms with E-state index in [9.17, 15) is 17.6 Å². The highest BCUT2D eigenvalue weighted by Gasteiger charge is 2.10.